The molecular formula is C17H18N2O4. The molecule has 1 aromatic rings. The van der Waals surface area contributed by atoms with E-state index in [0.29, 0.717) is 17.0 Å². The third-order valence-electron chi connectivity index (χ3n) is 4.30. The third-order valence-corrected chi connectivity index (χ3v) is 4.30. The van der Waals surface area contributed by atoms with E-state index in [-0.39, 0.29) is 6.29 Å². The number of benzene rings is 1. The standard InChI is InChI=1S/C17H18N2O4/c1-21-16(20)15-3-2-14(10-13(15)11-18)19-6-4-12(5-7-19)17-22-8-9-23-17/h2-3,8-10,12,17H,4-7H2,1H3. The molecule has 1 aromatic carbocycles. The normalized spacial score (nSPS) is 18.2. The summed E-state index contributed by atoms with van der Waals surface area (Å²) in [6.45, 7) is 1.71. The van der Waals surface area contributed by atoms with Gasteiger partial charge in [-0.15, -0.1) is 0 Å². The van der Waals surface area contributed by atoms with Crippen molar-refractivity contribution in [2.45, 2.75) is 19.1 Å². The Morgan fingerprint density at radius 3 is 2.61 bits per heavy atom. The van der Waals surface area contributed by atoms with Gasteiger partial charge in [0.15, 0.2) is 0 Å². The highest BCUT2D eigenvalue weighted by atomic mass is 16.7. The number of hydrogen-bond acceptors (Lipinski definition) is 6. The molecule has 0 saturated carbocycles. The highest BCUT2D eigenvalue weighted by Crippen LogP contribution is 2.29. The van der Waals surface area contributed by atoms with E-state index in [0.717, 1.165) is 31.6 Å². The molecule has 0 spiro atoms. The number of anilines is 1. The Bertz CT molecular complexity index is 649. The van der Waals surface area contributed by atoms with Crippen LogP contribution in [0.4, 0.5) is 5.69 Å². The second kappa shape index (κ2) is 6.61. The van der Waals surface area contributed by atoms with Crippen molar-refractivity contribution in [2.24, 2.45) is 5.92 Å². The lowest BCUT2D eigenvalue weighted by atomic mass is 9.95. The van der Waals surface area contributed by atoms with Gasteiger partial charge in [0.05, 0.1) is 18.2 Å². The second-order valence-corrected chi connectivity index (χ2v) is 5.57. The zero-order valence-electron chi connectivity index (χ0n) is 12.9. The number of rotatable bonds is 3. The molecule has 0 bridgehead atoms. The van der Waals surface area contributed by atoms with Crippen LogP contribution in [0.15, 0.2) is 30.7 Å². The molecule has 1 fully saturated rings. The van der Waals surface area contributed by atoms with E-state index in [9.17, 15) is 10.1 Å². The molecule has 2 aliphatic heterocycles. The molecule has 0 aromatic heterocycles. The Hall–Kier alpha value is -2.68. The number of piperidine rings is 1. The number of nitriles is 1. The summed E-state index contributed by atoms with van der Waals surface area (Å²) in [5, 5.41) is 9.25. The topological polar surface area (TPSA) is 71.8 Å². The number of esters is 1. The van der Waals surface area contributed by atoms with E-state index in [1.54, 1.807) is 24.7 Å². The largest absolute Gasteiger partial charge is 0.465 e. The van der Waals surface area contributed by atoms with Gasteiger partial charge in [0.1, 0.15) is 18.6 Å². The van der Waals surface area contributed by atoms with Crippen LogP contribution in [0.3, 0.4) is 0 Å². The first kappa shape index (κ1) is 15.2. The van der Waals surface area contributed by atoms with Crippen molar-refractivity contribution in [1.82, 2.24) is 0 Å². The van der Waals surface area contributed by atoms with Crippen molar-refractivity contribution in [3.8, 4) is 6.07 Å². The van der Waals surface area contributed by atoms with Crippen molar-refractivity contribution in [2.75, 3.05) is 25.1 Å². The van der Waals surface area contributed by atoms with Gasteiger partial charge in [0.25, 0.3) is 0 Å². The molecule has 0 unspecified atom stereocenters. The summed E-state index contributed by atoms with van der Waals surface area (Å²) in [7, 11) is 1.31. The number of carbonyl (C=O) groups is 1. The van der Waals surface area contributed by atoms with E-state index >= 15 is 0 Å². The molecule has 6 heteroatoms. The Labute approximate surface area is 134 Å². The molecule has 23 heavy (non-hydrogen) atoms. The molecule has 6 nitrogen and oxygen atoms in total. The molecular weight excluding hydrogens is 296 g/mol. The predicted octanol–water partition coefficient (Wildman–Crippen LogP) is 2.41. The first-order valence-electron chi connectivity index (χ1n) is 7.56. The van der Waals surface area contributed by atoms with Crippen LogP contribution >= 0.6 is 0 Å². The zero-order chi connectivity index (χ0) is 16.2. The maximum absolute atomic E-state index is 11.7. The number of hydrogen-bond donors (Lipinski definition) is 0. The molecule has 0 aliphatic carbocycles. The van der Waals surface area contributed by atoms with Crippen molar-refractivity contribution >= 4 is 11.7 Å². The summed E-state index contributed by atoms with van der Waals surface area (Å²) in [4.78, 5) is 13.9. The highest BCUT2D eigenvalue weighted by molar-refractivity contribution is 5.92. The van der Waals surface area contributed by atoms with Crippen molar-refractivity contribution in [1.29, 1.82) is 5.26 Å². The fourth-order valence-electron chi connectivity index (χ4n) is 3.01. The van der Waals surface area contributed by atoms with Gasteiger partial charge < -0.3 is 19.1 Å². The summed E-state index contributed by atoms with van der Waals surface area (Å²) >= 11 is 0. The van der Waals surface area contributed by atoms with Crippen LogP contribution in [-0.4, -0.2) is 32.5 Å². The average Bonchev–Trinajstić information content (AvgIpc) is 3.15. The maximum Gasteiger partial charge on any atom is 0.339 e. The predicted molar refractivity (Wildman–Crippen MR) is 82.5 cm³/mol. The van der Waals surface area contributed by atoms with Gasteiger partial charge in [-0.25, -0.2) is 4.79 Å². The van der Waals surface area contributed by atoms with Crippen LogP contribution in [-0.2, 0) is 14.2 Å². The Morgan fingerprint density at radius 2 is 2.00 bits per heavy atom. The monoisotopic (exact) mass is 314 g/mol. The van der Waals surface area contributed by atoms with Gasteiger partial charge in [0, 0.05) is 24.7 Å². The molecule has 2 aliphatic rings. The van der Waals surface area contributed by atoms with Gasteiger partial charge in [-0.1, -0.05) is 0 Å². The number of carbonyl (C=O) groups excluding carboxylic acids is 1. The Morgan fingerprint density at radius 1 is 1.30 bits per heavy atom. The minimum absolute atomic E-state index is 0.173. The Balaban J connectivity index is 1.68. The minimum atomic E-state index is -0.491. The van der Waals surface area contributed by atoms with Crippen LogP contribution in [0.5, 0.6) is 0 Å². The summed E-state index contributed by atoms with van der Waals surface area (Å²) in [5.41, 5.74) is 1.58. The van der Waals surface area contributed by atoms with Crippen LogP contribution in [0.2, 0.25) is 0 Å². The van der Waals surface area contributed by atoms with Crippen LogP contribution in [0.1, 0.15) is 28.8 Å². The van der Waals surface area contributed by atoms with Gasteiger partial charge in [-0.05, 0) is 31.0 Å². The first-order chi connectivity index (χ1) is 11.2. The summed E-state index contributed by atoms with van der Waals surface area (Å²) in [6, 6.07) is 7.33. The zero-order valence-corrected chi connectivity index (χ0v) is 12.9. The van der Waals surface area contributed by atoms with E-state index in [4.69, 9.17) is 14.2 Å². The highest BCUT2D eigenvalue weighted by Gasteiger charge is 2.30. The fourth-order valence-corrected chi connectivity index (χ4v) is 3.01. The quantitative estimate of drug-likeness (QED) is 0.798. The van der Waals surface area contributed by atoms with Crippen LogP contribution in [0, 0.1) is 17.2 Å². The Kier molecular flexibility index (Phi) is 4.38. The molecule has 0 amide bonds. The van der Waals surface area contributed by atoms with E-state index in [1.165, 1.54) is 7.11 Å². The van der Waals surface area contributed by atoms with E-state index < -0.39 is 5.97 Å². The van der Waals surface area contributed by atoms with E-state index in [1.807, 2.05) is 6.07 Å². The SMILES string of the molecule is COC(=O)c1ccc(N2CCC(C3OC=CO3)CC2)cc1C#N. The fraction of sp³-hybridized carbons (Fsp3) is 0.412. The molecule has 1 saturated heterocycles. The smallest absolute Gasteiger partial charge is 0.339 e. The van der Waals surface area contributed by atoms with Crippen molar-refractivity contribution in [3.05, 3.63) is 41.9 Å². The first-order valence-corrected chi connectivity index (χ1v) is 7.56. The summed E-state index contributed by atoms with van der Waals surface area (Å²) in [5.74, 6) is -0.124. The van der Waals surface area contributed by atoms with Crippen LogP contribution < -0.4 is 4.90 Å². The molecule has 0 radical (unpaired) electrons. The minimum Gasteiger partial charge on any atom is -0.465 e. The number of nitrogens with zero attached hydrogens (tertiary/aromatic N) is 2. The average molecular weight is 314 g/mol. The maximum atomic E-state index is 11.7. The van der Waals surface area contributed by atoms with Gasteiger partial charge in [0.2, 0.25) is 6.29 Å². The molecule has 0 N–H and O–H groups in total. The molecule has 0 atom stereocenters. The van der Waals surface area contributed by atoms with Gasteiger partial charge in [-0.2, -0.15) is 5.26 Å². The second-order valence-electron chi connectivity index (χ2n) is 5.57. The molecule has 120 valence electrons. The third kappa shape index (κ3) is 3.09. The number of methoxy groups -OCH3 is 1. The van der Waals surface area contributed by atoms with Crippen molar-refractivity contribution in [3.63, 3.8) is 0 Å². The lowest BCUT2D eigenvalue weighted by Crippen LogP contribution is -2.38. The molecule has 2 heterocycles. The summed E-state index contributed by atoms with van der Waals surface area (Å²) in [6.07, 6.45) is 4.90. The lowest BCUT2D eigenvalue weighted by Gasteiger charge is -2.35. The van der Waals surface area contributed by atoms with Crippen molar-refractivity contribution < 1.29 is 19.0 Å². The molecule has 3 rings (SSSR count). The van der Waals surface area contributed by atoms with Gasteiger partial charge in [-0.3, -0.25) is 0 Å². The summed E-state index contributed by atoms with van der Waals surface area (Å²) < 4.78 is 15.5. The lowest BCUT2D eigenvalue weighted by molar-refractivity contribution is -0.0728. The van der Waals surface area contributed by atoms with E-state index in [2.05, 4.69) is 11.0 Å². The van der Waals surface area contributed by atoms with Gasteiger partial charge >= 0.3 is 5.97 Å². The van der Waals surface area contributed by atoms with Crippen LogP contribution in [0.25, 0.3) is 0 Å². The number of ether oxygens (including phenoxy) is 3.